The number of nitrogens with zero attached hydrogens (tertiary/aromatic N) is 1. The number of hydrogen-bond acceptors (Lipinski definition) is 7. The monoisotopic (exact) mass is 969 g/mol. The fourth-order valence-electron chi connectivity index (χ4n) is 8.70. The quantitative estimate of drug-likeness (QED) is 0.0212. The highest BCUT2D eigenvalue weighted by molar-refractivity contribution is 7.45. The first kappa shape index (κ1) is 65.8. The molecule has 0 saturated carbocycles. The Morgan fingerprint density at radius 2 is 0.851 bits per heavy atom. The van der Waals surface area contributed by atoms with Crippen molar-refractivity contribution >= 4 is 19.7 Å². The van der Waals surface area contributed by atoms with E-state index in [1.54, 1.807) is 0 Å². The molecule has 0 aromatic heterocycles. The molecule has 0 aromatic rings. The van der Waals surface area contributed by atoms with Gasteiger partial charge >= 0.3 is 5.97 Å². The van der Waals surface area contributed by atoms with Gasteiger partial charge < -0.3 is 28.5 Å². The van der Waals surface area contributed by atoms with Crippen molar-refractivity contribution in [3.63, 3.8) is 0 Å². The fourth-order valence-corrected chi connectivity index (χ4v) is 9.42. The van der Waals surface area contributed by atoms with Crippen molar-refractivity contribution < 1.29 is 37.3 Å². The predicted molar refractivity (Wildman–Crippen MR) is 284 cm³/mol. The minimum absolute atomic E-state index is 0.0170. The third-order valence-corrected chi connectivity index (χ3v) is 14.2. The van der Waals surface area contributed by atoms with Crippen LogP contribution in [0.4, 0.5) is 0 Å². The molecule has 3 unspecified atom stereocenters. The molecule has 398 valence electrons. The number of esters is 1. The van der Waals surface area contributed by atoms with Crippen LogP contribution in [0.25, 0.3) is 0 Å². The summed E-state index contributed by atoms with van der Waals surface area (Å²) in [4.78, 5) is 39.8. The van der Waals surface area contributed by atoms with Gasteiger partial charge in [0, 0.05) is 12.8 Å². The van der Waals surface area contributed by atoms with Crippen LogP contribution in [0.15, 0.2) is 12.2 Å². The number of unbranched alkanes of at least 4 members (excludes halogenated alkanes) is 37. The molecule has 0 saturated heterocycles. The molecular weight excluding hydrogens is 856 g/mol. The standard InChI is InChI=1S/C57H113N2O7P/c1-7-10-13-16-19-22-25-28-31-34-37-40-43-46-49-56(60)58-54(53-65-67(62,63)64-52-51-59(4,5)6)55(48-45-42-39-36-33-30-27-24-21-18-15-12-9-3)66-57(61)50-47-44-41-38-35-32-29-26-23-20-17-14-11-8-2/h45,48,54-55H,7-44,46-47,49-53H2,1-6H3,(H-,58,60,62,63)/b48-45+. The Bertz CT molecular complexity index is 1160. The molecule has 0 spiro atoms. The van der Waals surface area contributed by atoms with Gasteiger partial charge in [0.15, 0.2) is 0 Å². The molecule has 9 nitrogen and oxygen atoms in total. The van der Waals surface area contributed by atoms with E-state index in [4.69, 9.17) is 13.8 Å². The van der Waals surface area contributed by atoms with Crippen LogP contribution in [-0.2, 0) is 27.9 Å². The molecule has 3 atom stereocenters. The van der Waals surface area contributed by atoms with E-state index in [1.807, 2.05) is 33.3 Å². The zero-order valence-electron chi connectivity index (χ0n) is 45.4. The topological polar surface area (TPSA) is 114 Å². The number of carbonyl (C=O) groups is 2. The van der Waals surface area contributed by atoms with Crippen molar-refractivity contribution in [2.75, 3.05) is 40.9 Å². The van der Waals surface area contributed by atoms with Gasteiger partial charge in [0.1, 0.15) is 19.3 Å². The lowest BCUT2D eigenvalue weighted by atomic mass is 10.0. The van der Waals surface area contributed by atoms with E-state index >= 15 is 0 Å². The van der Waals surface area contributed by atoms with Crippen molar-refractivity contribution in [2.45, 2.75) is 303 Å². The van der Waals surface area contributed by atoms with E-state index < -0.39 is 20.0 Å². The maximum absolute atomic E-state index is 13.5. The number of carbonyl (C=O) groups excluding carboxylic acids is 2. The van der Waals surface area contributed by atoms with Crippen LogP contribution < -0.4 is 10.2 Å². The molecule has 0 fully saturated rings. The highest BCUT2D eigenvalue weighted by Crippen LogP contribution is 2.38. The number of likely N-dealkylation sites (N-methyl/N-ethyl adjacent to an activating group) is 1. The number of allylic oxidation sites excluding steroid dienone is 1. The van der Waals surface area contributed by atoms with E-state index in [0.29, 0.717) is 17.4 Å². The zero-order chi connectivity index (χ0) is 49.4. The van der Waals surface area contributed by atoms with Crippen molar-refractivity contribution in [1.29, 1.82) is 0 Å². The van der Waals surface area contributed by atoms with Crippen LogP contribution in [0, 0.1) is 0 Å². The first-order valence-electron chi connectivity index (χ1n) is 29.0. The van der Waals surface area contributed by atoms with E-state index in [1.165, 1.54) is 199 Å². The molecule has 67 heavy (non-hydrogen) atoms. The Morgan fingerprint density at radius 3 is 1.22 bits per heavy atom. The Balaban J connectivity index is 5.34. The second kappa shape index (κ2) is 48.4. The van der Waals surface area contributed by atoms with Gasteiger partial charge in [-0.15, -0.1) is 0 Å². The van der Waals surface area contributed by atoms with Gasteiger partial charge in [0.05, 0.1) is 33.8 Å². The van der Waals surface area contributed by atoms with E-state index in [2.05, 4.69) is 26.1 Å². The Kier molecular flexibility index (Phi) is 47.5. The maximum atomic E-state index is 13.5. The molecule has 0 aliphatic carbocycles. The van der Waals surface area contributed by atoms with Gasteiger partial charge in [-0.25, -0.2) is 0 Å². The van der Waals surface area contributed by atoms with Gasteiger partial charge in [-0.05, 0) is 31.8 Å². The Morgan fingerprint density at radius 1 is 0.507 bits per heavy atom. The van der Waals surface area contributed by atoms with Crippen molar-refractivity contribution in [3.05, 3.63) is 12.2 Å². The number of nitrogens with one attached hydrogen (secondary N) is 1. The molecule has 0 bridgehead atoms. The normalized spacial score (nSPS) is 13.8. The first-order valence-corrected chi connectivity index (χ1v) is 30.5. The predicted octanol–water partition coefficient (Wildman–Crippen LogP) is 16.6. The van der Waals surface area contributed by atoms with E-state index in [-0.39, 0.29) is 31.5 Å². The number of amides is 1. The molecule has 0 rings (SSSR count). The average molecular weight is 970 g/mol. The fraction of sp³-hybridized carbons (Fsp3) is 0.930. The molecule has 0 radical (unpaired) electrons. The highest BCUT2D eigenvalue weighted by atomic mass is 31.2. The van der Waals surface area contributed by atoms with Crippen LogP contribution in [0.3, 0.4) is 0 Å². The smallest absolute Gasteiger partial charge is 0.306 e. The lowest BCUT2D eigenvalue weighted by molar-refractivity contribution is -0.870. The summed E-state index contributed by atoms with van der Waals surface area (Å²) in [5.41, 5.74) is 0. The van der Waals surface area contributed by atoms with E-state index in [9.17, 15) is 19.0 Å². The van der Waals surface area contributed by atoms with Gasteiger partial charge in [0.25, 0.3) is 7.82 Å². The van der Waals surface area contributed by atoms with Crippen molar-refractivity contribution in [2.24, 2.45) is 0 Å². The summed E-state index contributed by atoms with van der Waals surface area (Å²) < 4.78 is 30.2. The van der Waals surface area contributed by atoms with Gasteiger partial charge in [-0.2, -0.15) is 0 Å². The SMILES string of the molecule is CCCCCCCCCCCCC/C=C/C(OC(=O)CCCCCCCCCCCCCCCC)C(COP(=O)([O-])OCC[N+](C)(C)C)NC(=O)CCCCCCCCCCCCCCCC. The number of phosphoric ester groups is 1. The van der Waals surface area contributed by atoms with Crippen LogP contribution in [-0.4, -0.2) is 69.4 Å². The Labute approximate surface area is 416 Å². The maximum Gasteiger partial charge on any atom is 0.306 e. The molecule has 0 aliphatic rings. The summed E-state index contributed by atoms with van der Waals surface area (Å²) in [7, 11) is 1.20. The number of ether oxygens (including phenoxy) is 1. The largest absolute Gasteiger partial charge is 0.756 e. The third kappa shape index (κ3) is 49.5. The minimum atomic E-state index is -4.68. The van der Waals surface area contributed by atoms with Gasteiger partial charge in [0.2, 0.25) is 5.91 Å². The second-order valence-electron chi connectivity index (χ2n) is 21.2. The first-order chi connectivity index (χ1) is 32.4. The lowest BCUT2D eigenvalue weighted by Gasteiger charge is -2.30. The van der Waals surface area contributed by atoms with Gasteiger partial charge in [-0.3, -0.25) is 14.2 Å². The molecule has 1 amide bonds. The molecule has 10 heteroatoms. The lowest BCUT2D eigenvalue weighted by Crippen LogP contribution is -2.47. The number of quaternary nitrogens is 1. The van der Waals surface area contributed by atoms with Crippen molar-refractivity contribution in [1.82, 2.24) is 5.32 Å². The van der Waals surface area contributed by atoms with Crippen molar-refractivity contribution in [3.8, 4) is 0 Å². The Hall–Kier alpha value is -1.25. The minimum Gasteiger partial charge on any atom is -0.756 e. The number of hydrogen-bond donors (Lipinski definition) is 1. The molecule has 0 aromatic carbocycles. The molecular formula is C57H113N2O7P. The average Bonchev–Trinajstić information content (AvgIpc) is 3.28. The van der Waals surface area contributed by atoms with Crippen LogP contribution >= 0.6 is 7.82 Å². The highest BCUT2D eigenvalue weighted by Gasteiger charge is 2.27. The molecule has 0 heterocycles. The number of phosphoric acid groups is 1. The van der Waals surface area contributed by atoms with Crippen LogP contribution in [0.5, 0.6) is 0 Å². The summed E-state index contributed by atoms with van der Waals surface area (Å²) in [6.45, 7) is 6.88. The molecule has 0 aliphatic heterocycles. The summed E-state index contributed by atoms with van der Waals surface area (Å²) in [6, 6.07) is -0.878. The molecule has 1 N–H and O–H groups in total. The zero-order valence-corrected chi connectivity index (χ0v) is 46.3. The van der Waals surface area contributed by atoms with Crippen LogP contribution in [0.2, 0.25) is 0 Å². The van der Waals surface area contributed by atoms with E-state index in [0.717, 1.165) is 57.8 Å². The summed E-state index contributed by atoms with van der Waals surface area (Å²) in [5.74, 6) is -0.523. The van der Waals surface area contributed by atoms with Crippen LogP contribution in [0.1, 0.15) is 290 Å². The summed E-state index contributed by atoms with van der Waals surface area (Å²) in [6.07, 6.45) is 53.0. The summed E-state index contributed by atoms with van der Waals surface area (Å²) in [5, 5.41) is 3.03. The summed E-state index contributed by atoms with van der Waals surface area (Å²) >= 11 is 0. The third-order valence-electron chi connectivity index (χ3n) is 13.2. The van der Waals surface area contributed by atoms with Gasteiger partial charge in [-0.1, -0.05) is 258 Å². The second-order valence-corrected chi connectivity index (χ2v) is 22.6. The number of rotatable bonds is 53.